The van der Waals surface area contributed by atoms with E-state index in [1.54, 1.807) is 12.1 Å². The first-order valence-electron chi connectivity index (χ1n) is 4.13. The molecule has 0 atom stereocenters. The zero-order valence-electron chi connectivity index (χ0n) is 7.99. The van der Waals surface area contributed by atoms with E-state index in [9.17, 15) is 9.59 Å². The molecule has 0 amide bonds. The summed E-state index contributed by atoms with van der Waals surface area (Å²) in [5, 5.41) is 8.64. The van der Waals surface area contributed by atoms with E-state index in [2.05, 4.69) is 20.7 Å². The second kappa shape index (κ2) is 4.93. The smallest absolute Gasteiger partial charge is 0.337 e. The third-order valence-electron chi connectivity index (χ3n) is 1.81. The van der Waals surface area contributed by atoms with Crippen molar-refractivity contribution in [1.82, 2.24) is 0 Å². The van der Waals surface area contributed by atoms with Crippen molar-refractivity contribution in [1.29, 1.82) is 0 Å². The largest absolute Gasteiger partial charge is 0.481 e. The summed E-state index contributed by atoms with van der Waals surface area (Å²) in [6.07, 6.45) is -0.134. The molecule has 0 aliphatic heterocycles. The van der Waals surface area contributed by atoms with Gasteiger partial charge in [-0.1, -0.05) is 15.9 Å². The van der Waals surface area contributed by atoms with Gasteiger partial charge in [-0.15, -0.1) is 0 Å². The summed E-state index contributed by atoms with van der Waals surface area (Å²) in [6, 6.07) is 4.70. The highest BCUT2D eigenvalue weighted by atomic mass is 79.9. The Hall–Kier alpha value is -1.36. The molecule has 0 bridgehead atoms. The molecule has 80 valence electrons. The van der Waals surface area contributed by atoms with Crippen LogP contribution in [0.1, 0.15) is 15.9 Å². The lowest BCUT2D eigenvalue weighted by Crippen LogP contribution is -2.05. The van der Waals surface area contributed by atoms with Crippen molar-refractivity contribution < 1.29 is 19.4 Å². The number of rotatable bonds is 3. The number of hydrogen-bond donors (Lipinski definition) is 1. The lowest BCUT2D eigenvalue weighted by atomic mass is 10.1. The Morgan fingerprint density at radius 3 is 2.67 bits per heavy atom. The number of hydrogen-bond acceptors (Lipinski definition) is 3. The second-order valence-corrected chi connectivity index (χ2v) is 3.72. The van der Waals surface area contributed by atoms with Gasteiger partial charge in [0.15, 0.2) is 0 Å². The third kappa shape index (κ3) is 3.06. The van der Waals surface area contributed by atoms with Crippen molar-refractivity contribution in [2.75, 3.05) is 7.11 Å². The molecule has 1 N–H and O–H groups in total. The van der Waals surface area contributed by atoms with E-state index in [-0.39, 0.29) is 6.42 Å². The van der Waals surface area contributed by atoms with Gasteiger partial charge in [0, 0.05) is 4.47 Å². The van der Waals surface area contributed by atoms with Gasteiger partial charge in [-0.05, 0) is 23.8 Å². The number of esters is 1. The molecule has 0 aliphatic rings. The van der Waals surface area contributed by atoms with Gasteiger partial charge in [0.05, 0.1) is 19.1 Å². The molecule has 1 rings (SSSR count). The van der Waals surface area contributed by atoms with Crippen LogP contribution in [0.2, 0.25) is 0 Å². The second-order valence-electron chi connectivity index (χ2n) is 2.87. The van der Waals surface area contributed by atoms with Crippen LogP contribution in [0.3, 0.4) is 0 Å². The zero-order chi connectivity index (χ0) is 11.4. The van der Waals surface area contributed by atoms with E-state index in [4.69, 9.17) is 5.11 Å². The molecule has 4 nitrogen and oxygen atoms in total. The number of carbonyl (C=O) groups is 2. The van der Waals surface area contributed by atoms with Crippen LogP contribution < -0.4 is 0 Å². The summed E-state index contributed by atoms with van der Waals surface area (Å²) in [4.78, 5) is 21.7. The molecule has 0 saturated carbocycles. The van der Waals surface area contributed by atoms with Crippen LogP contribution in [0.4, 0.5) is 0 Å². The fourth-order valence-corrected chi connectivity index (χ4v) is 1.50. The summed E-state index contributed by atoms with van der Waals surface area (Å²) < 4.78 is 5.20. The molecule has 0 heterocycles. The molecule has 0 aromatic heterocycles. The lowest BCUT2D eigenvalue weighted by Gasteiger charge is -2.04. The normalized spacial score (nSPS) is 9.73. The molecule has 15 heavy (non-hydrogen) atoms. The molecule has 1 aromatic carbocycles. The van der Waals surface area contributed by atoms with Crippen LogP contribution in [0.25, 0.3) is 0 Å². The van der Waals surface area contributed by atoms with Crippen molar-refractivity contribution in [3.05, 3.63) is 33.8 Å². The van der Waals surface area contributed by atoms with E-state index in [0.29, 0.717) is 15.6 Å². The van der Waals surface area contributed by atoms with Crippen molar-refractivity contribution in [3.63, 3.8) is 0 Å². The minimum atomic E-state index is -0.947. The molecule has 0 spiro atoms. The molecule has 5 heteroatoms. The van der Waals surface area contributed by atoms with Gasteiger partial charge in [0.2, 0.25) is 0 Å². The molecule has 0 saturated heterocycles. The van der Waals surface area contributed by atoms with Crippen LogP contribution >= 0.6 is 15.9 Å². The molecular formula is C10H9BrO4. The van der Waals surface area contributed by atoms with Crippen molar-refractivity contribution in [3.8, 4) is 0 Å². The summed E-state index contributed by atoms with van der Waals surface area (Å²) in [7, 11) is 1.28. The molecule has 0 unspecified atom stereocenters. The maximum absolute atomic E-state index is 11.2. The molecule has 0 fully saturated rings. The maximum atomic E-state index is 11.2. The van der Waals surface area contributed by atoms with Gasteiger partial charge in [-0.2, -0.15) is 0 Å². The fraction of sp³-hybridized carbons (Fsp3) is 0.200. The fourth-order valence-electron chi connectivity index (χ4n) is 1.12. The van der Waals surface area contributed by atoms with Crippen LogP contribution in [-0.4, -0.2) is 24.2 Å². The van der Waals surface area contributed by atoms with E-state index in [1.165, 1.54) is 13.2 Å². The topological polar surface area (TPSA) is 63.6 Å². The quantitative estimate of drug-likeness (QED) is 0.854. The van der Waals surface area contributed by atoms with Gasteiger partial charge in [-0.3, -0.25) is 4.79 Å². The highest BCUT2D eigenvalue weighted by molar-refractivity contribution is 9.10. The minimum absolute atomic E-state index is 0.134. The van der Waals surface area contributed by atoms with Crippen molar-refractivity contribution in [2.24, 2.45) is 0 Å². The summed E-state index contributed by atoms with van der Waals surface area (Å²) >= 11 is 3.21. The Balaban J connectivity index is 3.05. The van der Waals surface area contributed by atoms with Crippen molar-refractivity contribution in [2.45, 2.75) is 6.42 Å². The van der Waals surface area contributed by atoms with E-state index >= 15 is 0 Å². The first-order valence-corrected chi connectivity index (χ1v) is 4.92. The number of carboxylic acids is 1. The Morgan fingerprint density at radius 1 is 1.47 bits per heavy atom. The Bertz CT molecular complexity index is 400. The first-order chi connectivity index (χ1) is 7.04. The molecular weight excluding hydrogens is 264 g/mol. The van der Waals surface area contributed by atoms with Gasteiger partial charge in [0.1, 0.15) is 0 Å². The number of halogens is 1. The number of carbonyl (C=O) groups excluding carboxylic acids is 1. The monoisotopic (exact) mass is 272 g/mol. The standard InChI is InChI=1S/C10H9BrO4/c1-15-10(14)6-2-3-8(11)7(4-6)5-9(12)13/h2-4H,5H2,1H3,(H,12,13). The Kier molecular flexibility index (Phi) is 3.85. The highest BCUT2D eigenvalue weighted by Gasteiger charge is 2.10. The average Bonchev–Trinajstić information content (AvgIpc) is 2.19. The number of carboxylic acid groups (broad SMARTS) is 1. The lowest BCUT2D eigenvalue weighted by molar-refractivity contribution is -0.136. The summed E-state index contributed by atoms with van der Waals surface area (Å²) in [5.74, 6) is -1.42. The average molecular weight is 273 g/mol. The molecule has 0 aliphatic carbocycles. The first kappa shape index (κ1) is 11.7. The highest BCUT2D eigenvalue weighted by Crippen LogP contribution is 2.19. The summed E-state index contributed by atoms with van der Waals surface area (Å²) in [6.45, 7) is 0. The molecule has 1 aromatic rings. The SMILES string of the molecule is COC(=O)c1ccc(Br)c(CC(=O)O)c1. The number of ether oxygens (including phenoxy) is 1. The van der Waals surface area contributed by atoms with E-state index < -0.39 is 11.9 Å². The zero-order valence-corrected chi connectivity index (χ0v) is 9.58. The van der Waals surface area contributed by atoms with Crippen LogP contribution in [-0.2, 0) is 16.0 Å². The third-order valence-corrected chi connectivity index (χ3v) is 2.58. The predicted octanol–water partition coefficient (Wildman–Crippen LogP) is 1.86. The maximum Gasteiger partial charge on any atom is 0.337 e. The van der Waals surface area contributed by atoms with Gasteiger partial charge >= 0.3 is 11.9 Å². The van der Waals surface area contributed by atoms with Crippen LogP contribution in [0.5, 0.6) is 0 Å². The minimum Gasteiger partial charge on any atom is -0.481 e. The number of methoxy groups -OCH3 is 1. The summed E-state index contributed by atoms with van der Waals surface area (Å²) in [5.41, 5.74) is 0.891. The Morgan fingerprint density at radius 2 is 2.13 bits per heavy atom. The number of benzene rings is 1. The van der Waals surface area contributed by atoms with Gasteiger partial charge in [-0.25, -0.2) is 4.79 Å². The van der Waals surface area contributed by atoms with Crippen LogP contribution in [0, 0.1) is 0 Å². The number of aliphatic carboxylic acids is 1. The predicted molar refractivity (Wildman–Crippen MR) is 56.8 cm³/mol. The van der Waals surface area contributed by atoms with E-state index in [0.717, 1.165) is 0 Å². The molecule has 0 radical (unpaired) electrons. The van der Waals surface area contributed by atoms with E-state index in [1.807, 2.05) is 0 Å². The van der Waals surface area contributed by atoms with Crippen molar-refractivity contribution >= 4 is 27.9 Å². The van der Waals surface area contributed by atoms with Crippen LogP contribution in [0.15, 0.2) is 22.7 Å². The van der Waals surface area contributed by atoms with Gasteiger partial charge < -0.3 is 9.84 Å². The Labute approximate surface area is 95.0 Å². The van der Waals surface area contributed by atoms with Gasteiger partial charge in [0.25, 0.3) is 0 Å².